The molecule has 2 amide bonds. The summed E-state index contributed by atoms with van der Waals surface area (Å²) in [7, 11) is 0. The van der Waals surface area contributed by atoms with E-state index in [4.69, 9.17) is 9.47 Å². The number of nitrogens with one attached hydrogen (secondary N) is 1. The molecular formula is C26H31FN2O4. The number of anilines is 1. The number of rotatable bonds is 6. The monoisotopic (exact) mass is 454 g/mol. The molecule has 2 aromatic rings. The largest absolute Gasteiger partial charge is 0.489 e. The fraction of sp³-hybridized carbons (Fsp3) is 0.385. The zero-order chi connectivity index (χ0) is 24.2. The first-order chi connectivity index (χ1) is 15.6. The van der Waals surface area contributed by atoms with Crippen molar-refractivity contribution < 1.29 is 23.5 Å². The molecule has 0 aromatic heterocycles. The summed E-state index contributed by atoms with van der Waals surface area (Å²) in [6.07, 6.45) is 0.488. The van der Waals surface area contributed by atoms with Crippen LogP contribution in [0.1, 0.15) is 47.8 Å². The first kappa shape index (κ1) is 24.3. The Kier molecular flexibility index (Phi) is 7.41. The molecule has 0 aliphatic carbocycles. The van der Waals surface area contributed by atoms with E-state index in [0.717, 1.165) is 22.4 Å². The van der Waals surface area contributed by atoms with E-state index in [0.29, 0.717) is 30.6 Å². The minimum atomic E-state index is -0.631. The molecule has 1 aliphatic rings. The molecule has 0 saturated carbocycles. The molecular weight excluding hydrogens is 423 g/mol. The quantitative estimate of drug-likeness (QED) is 0.646. The number of carbonyl (C=O) groups excluding carboxylic acids is 2. The van der Waals surface area contributed by atoms with Crippen molar-refractivity contribution >= 4 is 17.7 Å². The van der Waals surface area contributed by atoms with E-state index >= 15 is 0 Å². The summed E-state index contributed by atoms with van der Waals surface area (Å²) in [5.74, 6) is 0.504. The zero-order valence-corrected chi connectivity index (χ0v) is 19.8. The smallest absolute Gasteiger partial charge is 0.407 e. The molecule has 176 valence electrons. The molecule has 1 aliphatic heterocycles. The number of carbonyl (C=O) groups is 2. The third-order valence-electron chi connectivity index (χ3n) is 5.30. The first-order valence-electron chi connectivity index (χ1n) is 11.0. The molecule has 0 radical (unpaired) electrons. The van der Waals surface area contributed by atoms with E-state index in [2.05, 4.69) is 5.32 Å². The molecule has 7 heteroatoms. The highest BCUT2D eigenvalue weighted by atomic mass is 19.1. The van der Waals surface area contributed by atoms with Crippen LogP contribution in [0.15, 0.2) is 48.3 Å². The molecule has 0 fully saturated rings. The van der Waals surface area contributed by atoms with Gasteiger partial charge >= 0.3 is 6.09 Å². The molecule has 1 N–H and O–H groups in total. The van der Waals surface area contributed by atoms with Crippen LogP contribution in [0.25, 0.3) is 0 Å². The molecule has 0 saturated heterocycles. The van der Waals surface area contributed by atoms with Crippen molar-refractivity contribution in [2.24, 2.45) is 0 Å². The summed E-state index contributed by atoms with van der Waals surface area (Å²) in [6, 6.07) is 11.3. The van der Waals surface area contributed by atoms with Crippen molar-refractivity contribution in [2.45, 2.75) is 46.6 Å². The van der Waals surface area contributed by atoms with Crippen LogP contribution in [0.4, 0.5) is 14.9 Å². The van der Waals surface area contributed by atoms with E-state index in [1.807, 2.05) is 43.0 Å². The van der Waals surface area contributed by atoms with Crippen molar-refractivity contribution in [3.8, 4) is 5.75 Å². The van der Waals surface area contributed by atoms with Crippen molar-refractivity contribution in [1.82, 2.24) is 5.32 Å². The van der Waals surface area contributed by atoms with Crippen molar-refractivity contribution in [1.29, 1.82) is 0 Å². The highest BCUT2D eigenvalue weighted by Gasteiger charge is 2.27. The number of fused-ring (bicyclic) bond motifs is 1. The number of amides is 2. The lowest BCUT2D eigenvalue weighted by Gasteiger charge is -2.31. The van der Waals surface area contributed by atoms with Crippen LogP contribution in [0, 0.1) is 13.8 Å². The summed E-state index contributed by atoms with van der Waals surface area (Å²) in [6.45, 7) is 9.80. The number of nitrogens with zero attached hydrogens (tertiary/aromatic N) is 1. The Hall–Kier alpha value is -3.35. The number of para-hydroxylation sites is 1. The molecule has 6 nitrogen and oxygen atoms in total. The van der Waals surface area contributed by atoms with Gasteiger partial charge in [-0.25, -0.2) is 9.18 Å². The second-order valence-electron chi connectivity index (χ2n) is 9.18. The lowest BCUT2D eigenvalue weighted by atomic mass is 9.96. The van der Waals surface area contributed by atoms with Crippen LogP contribution in [0.2, 0.25) is 0 Å². The van der Waals surface area contributed by atoms with Gasteiger partial charge < -0.3 is 19.7 Å². The van der Waals surface area contributed by atoms with Gasteiger partial charge in [-0.05, 0) is 75.9 Å². The molecule has 2 aromatic carbocycles. The van der Waals surface area contributed by atoms with E-state index in [9.17, 15) is 14.0 Å². The number of benzene rings is 2. The van der Waals surface area contributed by atoms with Gasteiger partial charge in [0.1, 0.15) is 18.0 Å². The van der Waals surface area contributed by atoms with Gasteiger partial charge in [-0.1, -0.05) is 18.2 Å². The minimum absolute atomic E-state index is 0.0282. The molecule has 0 bridgehead atoms. The molecule has 0 spiro atoms. The number of aryl methyl sites for hydroxylation is 2. The van der Waals surface area contributed by atoms with Crippen LogP contribution in [-0.4, -0.2) is 37.3 Å². The summed E-state index contributed by atoms with van der Waals surface area (Å²) in [5.41, 5.74) is 4.27. The Balaban J connectivity index is 1.63. The lowest BCUT2D eigenvalue weighted by Crippen LogP contribution is -2.38. The van der Waals surface area contributed by atoms with E-state index in [1.165, 1.54) is 0 Å². The maximum atomic E-state index is 13.3. The van der Waals surface area contributed by atoms with Crippen molar-refractivity contribution in [3.63, 3.8) is 0 Å². The number of hydrogen-bond acceptors (Lipinski definition) is 4. The molecule has 33 heavy (non-hydrogen) atoms. The summed E-state index contributed by atoms with van der Waals surface area (Å²) < 4.78 is 24.1. The third-order valence-corrected chi connectivity index (χ3v) is 5.30. The number of hydrogen-bond donors (Lipinski definition) is 1. The maximum absolute atomic E-state index is 13.3. The Morgan fingerprint density at radius 2 is 1.88 bits per heavy atom. The van der Waals surface area contributed by atoms with Gasteiger partial charge in [0.05, 0.1) is 6.33 Å². The first-order valence-corrected chi connectivity index (χ1v) is 11.0. The van der Waals surface area contributed by atoms with Gasteiger partial charge in [0.25, 0.3) is 5.91 Å². The predicted octanol–water partition coefficient (Wildman–Crippen LogP) is 5.26. The van der Waals surface area contributed by atoms with Gasteiger partial charge in [-0.15, -0.1) is 0 Å². The number of ether oxygens (including phenoxy) is 2. The zero-order valence-electron chi connectivity index (χ0n) is 19.8. The van der Waals surface area contributed by atoms with Crippen LogP contribution >= 0.6 is 0 Å². The van der Waals surface area contributed by atoms with Gasteiger partial charge in [0.15, 0.2) is 0 Å². The summed E-state index contributed by atoms with van der Waals surface area (Å²) in [5, 5.41) is 2.51. The SMILES string of the molecule is Cc1cccc(C)c1N1CCc2cc(OC/C(=C/F)CNC(=O)OC(C)(C)C)ccc2C1=O. The average Bonchev–Trinajstić information content (AvgIpc) is 2.74. The predicted molar refractivity (Wildman–Crippen MR) is 127 cm³/mol. The highest BCUT2D eigenvalue weighted by Crippen LogP contribution is 2.31. The van der Waals surface area contributed by atoms with Crippen LogP contribution in [0.3, 0.4) is 0 Å². The normalized spacial score (nSPS) is 14.1. The Morgan fingerprint density at radius 3 is 2.52 bits per heavy atom. The Labute approximate surface area is 194 Å². The van der Waals surface area contributed by atoms with E-state index < -0.39 is 11.7 Å². The Morgan fingerprint density at radius 1 is 1.18 bits per heavy atom. The highest BCUT2D eigenvalue weighted by molar-refractivity contribution is 6.09. The van der Waals surface area contributed by atoms with Crippen LogP contribution in [0.5, 0.6) is 5.75 Å². The fourth-order valence-corrected chi connectivity index (χ4v) is 3.80. The topological polar surface area (TPSA) is 67.9 Å². The standard InChI is InChI=1S/C26H31FN2O4/c1-17-7-6-8-18(2)23(17)29-12-11-20-13-21(9-10-22(20)24(29)30)32-16-19(14-27)15-28-25(31)33-26(3,4)5/h6-10,13-14H,11-12,15-16H2,1-5H3,(H,28,31)/b19-14+. The molecule has 1 heterocycles. The maximum Gasteiger partial charge on any atom is 0.407 e. The fourth-order valence-electron chi connectivity index (χ4n) is 3.80. The van der Waals surface area contributed by atoms with Crippen molar-refractivity contribution in [3.05, 3.63) is 70.6 Å². The van der Waals surface area contributed by atoms with Gasteiger partial charge in [0.2, 0.25) is 0 Å². The summed E-state index contributed by atoms with van der Waals surface area (Å²) >= 11 is 0. The number of alkyl carbamates (subject to hydrolysis) is 1. The molecule has 3 rings (SSSR count). The lowest BCUT2D eigenvalue weighted by molar-refractivity contribution is 0.0531. The Bertz CT molecular complexity index is 1050. The summed E-state index contributed by atoms with van der Waals surface area (Å²) in [4.78, 5) is 26.8. The molecule has 0 unspecified atom stereocenters. The minimum Gasteiger partial charge on any atom is -0.489 e. The van der Waals surface area contributed by atoms with E-state index in [1.54, 1.807) is 32.9 Å². The third kappa shape index (κ3) is 6.12. The second kappa shape index (κ2) is 10.1. The van der Waals surface area contributed by atoms with Gasteiger partial charge in [-0.3, -0.25) is 4.79 Å². The van der Waals surface area contributed by atoms with Gasteiger partial charge in [0, 0.05) is 29.9 Å². The second-order valence-corrected chi connectivity index (χ2v) is 9.18. The van der Waals surface area contributed by atoms with Crippen LogP contribution < -0.4 is 15.0 Å². The molecule has 0 atom stereocenters. The van der Waals surface area contributed by atoms with Crippen molar-refractivity contribution in [2.75, 3.05) is 24.6 Å². The average molecular weight is 455 g/mol. The van der Waals surface area contributed by atoms with E-state index in [-0.39, 0.29) is 24.6 Å². The number of halogens is 1. The van der Waals surface area contributed by atoms with Crippen LogP contribution in [-0.2, 0) is 11.2 Å². The van der Waals surface area contributed by atoms with Gasteiger partial charge in [-0.2, -0.15) is 0 Å².